The third kappa shape index (κ3) is 4.59. The molecule has 3 aromatic carbocycles. The van der Waals surface area contributed by atoms with Crippen molar-refractivity contribution in [2.75, 3.05) is 19.1 Å². The lowest BCUT2D eigenvalue weighted by Crippen LogP contribution is -2.53. The van der Waals surface area contributed by atoms with E-state index in [1.54, 1.807) is 37.3 Å². The fraction of sp³-hybridized carbons (Fsp3) is 0.314. The van der Waals surface area contributed by atoms with E-state index in [0.29, 0.717) is 26.3 Å². The molecule has 2 aliphatic carbocycles. The lowest BCUT2D eigenvalue weighted by atomic mass is 9.49. The van der Waals surface area contributed by atoms with Crippen molar-refractivity contribution in [1.29, 1.82) is 0 Å². The van der Waals surface area contributed by atoms with E-state index >= 15 is 4.79 Å². The number of hydrazine groups is 1. The largest absolute Gasteiger partial charge is 0.503 e. The fourth-order valence-corrected chi connectivity index (χ4v) is 9.44. The van der Waals surface area contributed by atoms with E-state index in [1.807, 2.05) is 6.08 Å². The van der Waals surface area contributed by atoms with Crippen LogP contribution in [0.1, 0.15) is 36.8 Å². The summed E-state index contributed by atoms with van der Waals surface area (Å²) < 4.78 is 20.1. The highest BCUT2D eigenvalue weighted by Gasteiger charge is 2.70. The molecule has 9 nitrogen and oxygen atoms in total. The molecule has 3 fully saturated rings. The summed E-state index contributed by atoms with van der Waals surface area (Å²) in [5.41, 5.74) is 3.46. The quantitative estimate of drug-likeness (QED) is 0.210. The molecule has 0 unspecified atom stereocenters. The summed E-state index contributed by atoms with van der Waals surface area (Å²) in [6, 6.07) is 13.7. The van der Waals surface area contributed by atoms with Crippen molar-refractivity contribution in [1.82, 2.24) is 9.91 Å². The van der Waals surface area contributed by atoms with E-state index in [4.69, 9.17) is 16.3 Å². The van der Waals surface area contributed by atoms with Crippen molar-refractivity contribution in [3.8, 4) is 11.5 Å². The normalized spacial score (nSPS) is 27.9. The number of phenols is 1. The number of likely N-dealkylation sites (tertiary alicyclic amines) is 1. The summed E-state index contributed by atoms with van der Waals surface area (Å²) in [4.78, 5) is 58.5. The lowest BCUT2D eigenvalue weighted by Gasteiger charge is -2.51. The highest BCUT2D eigenvalue weighted by atomic mass is 79.9. The molecule has 1 saturated carbocycles. The van der Waals surface area contributed by atoms with Crippen molar-refractivity contribution in [2.24, 2.45) is 23.7 Å². The van der Waals surface area contributed by atoms with E-state index < -0.39 is 52.6 Å². The number of ether oxygens (including phenoxy) is 1. The Morgan fingerprint density at radius 2 is 1.69 bits per heavy atom. The van der Waals surface area contributed by atoms with Gasteiger partial charge in [0.1, 0.15) is 5.82 Å². The van der Waals surface area contributed by atoms with Crippen LogP contribution in [-0.4, -0.2) is 52.3 Å². The van der Waals surface area contributed by atoms with Gasteiger partial charge in [-0.3, -0.25) is 29.5 Å². The van der Waals surface area contributed by atoms with Crippen LogP contribution in [0.5, 0.6) is 11.5 Å². The van der Waals surface area contributed by atoms with Gasteiger partial charge in [0.2, 0.25) is 11.8 Å². The maximum absolute atomic E-state index is 15.2. The lowest BCUT2D eigenvalue weighted by molar-refractivity contribution is -0.141. The average Bonchev–Trinajstić information content (AvgIpc) is 3.45. The highest BCUT2D eigenvalue weighted by Crippen LogP contribution is 2.65. The number of carbonyl (C=O) groups is 4. The van der Waals surface area contributed by atoms with Crippen molar-refractivity contribution >= 4 is 72.8 Å². The summed E-state index contributed by atoms with van der Waals surface area (Å²) >= 11 is 13.5. The molecule has 13 heteroatoms. The number of methoxy groups -OCH3 is 1. The number of aromatic hydroxyl groups is 1. The molecule has 4 amide bonds. The second-order valence-electron chi connectivity index (χ2n) is 12.4. The monoisotopic (exact) mass is 799 g/mol. The number of nitrogens with zero attached hydrogens (tertiary/aromatic N) is 2. The maximum atomic E-state index is 15.2. The number of hydrogen-bond acceptors (Lipinski definition) is 7. The SMILES string of the molecule is CCN1C(=O)[C@H]2[C@H](CC=C3[C@H]2C[C@H]2C(=O)N(Nc4ccc(F)cc4)C(=O)[C@@]2(c2ccc(Cl)cc2)[C@H]3c2cc(OC)c(O)c(Br)c2Br)C1=O. The number of carbonyl (C=O) groups excluding carboxylic acids is 4. The number of phenolic OH excluding ortho intramolecular Hbond substituents is 1. The molecule has 0 bridgehead atoms. The number of halogens is 4. The van der Waals surface area contributed by atoms with E-state index in [0.717, 1.165) is 10.6 Å². The second-order valence-corrected chi connectivity index (χ2v) is 14.5. The highest BCUT2D eigenvalue weighted by molar-refractivity contribution is 9.13. The molecule has 7 rings (SSSR count). The number of allylic oxidation sites excluding steroid dienone is 2. The number of imide groups is 2. The Bertz CT molecular complexity index is 1920. The fourth-order valence-electron chi connectivity index (χ4n) is 8.35. The number of benzene rings is 3. The first kappa shape index (κ1) is 32.8. The number of rotatable bonds is 6. The molecule has 0 spiro atoms. The van der Waals surface area contributed by atoms with Crippen LogP contribution in [0.3, 0.4) is 0 Å². The van der Waals surface area contributed by atoms with Crippen LogP contribution < -0.4 is 10.2 Å². The van der Waals surface area contributed by atoms with Gasteiger partial charge < -0.3 is 9.84 Å². The van der Waals surface area contributed by atoms with Crippen LogP contribution in [0.4, 0.5) is 10.1 Å². The summed E-state index contributed by atoms with van der Waals surface area (Å²) in [5, 5.41) is 12.3. The Kier molecular flexibility index (Phi) is 8.19. The van der Waals surface area contributed by atoms with Crippen LogP contribution in [-0.2, 0) is 24.6 Å². The Morgan fingerprint density at radius 3 is 2.33 bits per heavy atom. The second kappa shape index (κ2) is 12.0. The molecule has 2 heterocycles. The van der Waals surface area contributed by atoms with E-state index in [1.165, 1.54) is 36.3 Å². The maximum Gasteiger partial charge on any atom is 0.260 e. The van der Waals surface area contributed by atoms with Gasteiger partial charge >= 0.3 is 0 Å². The van der Waals surface area contributed by atoms with Gasteiger partial charge in [0.15, 0.2) is 11.5 Å². The molecule has 3 aromatic rings. The Hall–Kier alpha value is -3.74. The molecule has 2 aliphatic heterocycles. The zero-order valence-electron chi connectivity index (χ0n) is 25.7. The van der Waals surface area contributed by atoms with Crippen molar-refractivity contribution < 1.29 is 33.4 Å². The summed E-state index contributed by atoms with van der Waals surface area (Å²) in [7, 11) is 1.41. The van der Waals surface area contributed by atoms with Gasteiger partial charge in [0.25, 0.3) is 11.8 Å². The first-order valence-corrected chi connectivity index (χ1v) is 17.4. The van der Waals surface area contributed by atoms with Crippen LogP contribution >= 0.6 is 43.5 Å². The molecule has 48 heavy (non-hydrogen) atoms. The first-order valence-electron chi connectivity index (χ1n) is 15.4. The molecule has 0 radical (unpaired) electrons. The van der Waals surface area contributed by atoms with E-state index in [2.05, 4.69) is 37.3 Å². The van der Waals surface area contributed by atoms with E-state index in [-0.39, 0.29) is 47.2 Å². The molecule has 2 N–H and O–H groups in total. The van der Waals surface area contributed by atoms with Gasteiger partial charge in [0.05, 0.1) is 40.4 Å². The van der Waals surface area contributed by atoms with Gasteiger partial charge in [-0.2, -0.15) is 5.01 Å². The molecule has 2 saturated heterocycles. The van der Waals surface area contributed by atoms with Gasteiger partial charge in [-0.15, -0.1) is 0 Å². The van der Waals surface area contributed by atoms with Crippen molar-refractivity contribution in [3.05, 3.63) is 97.2 Å². The van der Waals surface area contributed by atoms with Gasteiger partial charge in [-0.1, -0.05) is 35.4 Å². The number of hydrogen-bond donors (Lipinski definition) is 2. The first-order chi connectivity index (χ1) is 22.9. The van der Waals surface area contributed by atoms with Crippen LogP contribution in [0.2, 0.25) is 5.02 Å². The van der Waals surface area contributed by atoms with E-state index in [9.17, 15) is 23.9 Å². The van der Waals surface area contributed by atoms with Crippen LogP contribution in [0.25, 0.3) is 0 Å². The van der Waals surface area contributed by atoms with Crippen molar-refractivity contribution in [3.63, 3.8) is 0 Å². The smallest absolute Gasteiger partial charge is 0.260 e. The molecule has 248 valence electrons. The predicted molar refractivity (Wildman–Crippen MR) is 181 cm³/mol. The number of fused-ring (bicyclic) bond motifs is 4. The molecule has 0 aromatic heterocycles. The zero-order valence-corrected chi connectivity index (χ0v) is 29.6. The predicted octanol–water partition coefficient (Wildman–Crippen LogP) is 6.72. The summed E-state index contributed by atoms with van der Waals surface area (Å²) in [6.07, 6.45) is 2.34. The summed E-state index contributed by atoms with van der Waals surface area (Å²) in [6.45, 7) is 1.99. The van der Waals surface area contributed by atoms with Crippen LogP contribution in [0.15, 0.2) is 75.2 Å². The van der Waals surface area contributed by atoms with Crippen LogP contribution in [0, 0.1) is 29.5 Å². The summed E-state index contributed by atoms with van der Waals surface area (Å²) in [5.74, 6) is -5.88. The minimum Gasteiger partial charge on any atom is -0.503 e. The molecular formula is C35H29Br2ClFN3O6. The minimum atomic E-state index is -1.58. The topological polar surface area (TPSA) is 116 Å². The van der Waals surface area contributed by atoms with Gasteiger partial charge in [-0.05, 0) is 111 Å². The molecular weight excluding hydrogens is 773 g/mol. The third-order valence-electron chi connectivity index (χ3n) is 10.4. The Labute approximate surface area is 297 Å². The number of anilines is 1. The zero-order chi connectivity index (χ0) is 34.2. The molecule has 6 atom stereocenters. The number of amides is 4. The number of nitrogens with one attached hydrogen (secondary N) is 1. The Morgan fingerprint density at radius 1 is 1.00 bits per heavy atom. The average molecular weight is 802 g/mol. The minimum absolute atomic E-state index is 0.114. The molecule has 4 aliphatic rings. The standard InChI is InChI=1S/C35H29Br2ClFN3O6/c1-3-41-31(44)21-13-12-20-22(26(21)33(41)46)14-24-32(45)42(40-19-10-8-18(39)9-11-19)34(47)35(24,16-4-6-17(38)7-5-16)27(20)23-15-25(48-2)30(43)29(37)28(23)36/h4-12,15,21-22,24,26-27,40,43H,3,13-14H2,1-2H3/t21-,22+,24-,26-,27+,35+/m0/s1. The van der Waals surface area contributed by atoms with Gasteiger partial charge in [0, 0.05) is 22.0 Å². The van der Waals surface area contributed by atoms with Crippen molar-refractivity contribution in [2.45, 2.75) is 31.1 Å². The Balaban J connectivity index is 1.51. The third-order valence-corrected chi connectivity index (χ3v) is 12.8. The van der Waals surface area contributed by atoms with Gasteiger partial charge in [-0.25, -0.2) is 4.39 Å².